The second-order valence-corrected chi connectivity index (χ2v) is 5.80. The molecule has 0 aromatic carbocycles. The molecule has 2 atom stereocenters. The molecule has 0 bridgehead atoms. The number of aliphatic hydroxyl groups excluding tert-OH is 1. The van der Waals surface area contributed by atoms with Crippen LogP contribution in [0.5, 0.6) is 0 Å². The van der Waals surface area contributed by atoms with Gasteiger partial charge in [0, 0.05) is 24.5 Å². The van der Waals surface area contributed by atoms with Gasteiger partial charge < -0.3 is 10.4 Å². The second-order valence-electron chi connectivity index (χ2n) is 5.05. The summed E-state index contributed by atoms with van der Waals surface area (Å²) in [6, 6.07) is 0. The standard InChI is InChI=1S/C13H23N3OS/c1-2-12-15-13(18-16-12)14-9-5-7-10-6-3-4-8-11(10)17/h10-11,17H,2-9H2,1H3,(H,14,15,16). The first-order chi connectivity index (χ1) is 8.79. The van der Waals surface area contributed by atoms with E-state index in [9.17, 15) is 5.11 Å². The largest absolute Gasteiger partial charge is 0.393 e. The highest BCUT2D eigenvalue weighted by molar-refractivity contribution is 7.09. The van der Waals surface area contributed by atoms with Crippen LogP contribution in [0.1, 0.15) is 51.3 Å². The molecule has 102 valence electrons. The smallest absolute Gasteiger partial charge is 0.202 e. The summed E-state index contributed by atoms with van der Waals surface area (Å²) in [7, 11) is 0. The maximum atomic E-state index is 9.88. The first-order valence-electron chi connectivity index (χ1n) is 7.04. The molecule has 1 aliphatic carbocycles. The maximum absolute atomic E-state index is 9.88. The molecule has 1 aromatic heterocycles. The summed E-state index contributed by atoms with van der Waals surface area (Å²) in [5, 5.41) is 14.1. The van der Waals surface area contributed by atoms with E-state index in [1.165, 1.54) is 30.8 Å². The van der Waals surface area contributed by atoms with E-state index in [1.54, 1.807) is 0 Å². The molecule has 1 saturated carbocycles. The van der Waals surface area contributed by atoms with Gasteiger partial charge in [0.1, 0.15) is 5.82 Å². The summed E-state index contributed by atoms with van der Waals surface area (Å²) < 4.78 is 4.24. The summed E-state index contributed by atoms with van der Waals surface area (Å²) in [5.74, 6) is 1.44. The van der Waals surface area contributed by atoms with Gasteiger partial charge in [-0.3, -0.25) is 0 Å². The molecule has 2 unspecified atom stereocenters. The van der Waals surface area contributed by atoms with Crippen LogP contribution in [0, 0.1) is 5.92 Å². The number of aryl methyl sites for hydroxylation is 1. The van der Waals surface area contributed by atoms with Crippen LogP contribution >= 0.6 is 11.5 Å². The summed E-state index contributed by atoms with van der Waals surface area (Å²) in [6.45, 7) is 3.00. The van der Waals surface area contributed by atoms with Crippen molar-refractivity contribution in [2.45, 2.75) is 58.0 Å². The van der Waals surface area contributed by atoms with E-state index in [2.05, 4.69) is 21.6 Å². The van der Waals surface area contributed by atoms with Crippen LogP contribution in [0.15, 0.2) is 0 Å². The minimum Gasteiger partial charge on any atom is -0.393 e. The minimum absolute atomic E-state index is 0.0630. The molecule has 0 saturated heterocycles. The lowest BCUT2D eigenvalue weighted by Crippen LogP contribution is -2.24. The molecule has 1 fully saturated rings. The summed E-state index contributed by atoms with van der Waals surface area (Å²) in [4.78, 5) is 4.37. The van der Waals surface area contributed by atoms with Crippen LogP contribution in [0.4, 0.5) is 5.13 Å². The Morgan fingerprint density at radius 2 is 2.22 bits per heavy atom. The number of rotatable bonds is 6. The van der Waals surface area contributed by atoms with Gasteiger partial charge in [-0.15, -0.1) is 0 Å². The zero-order valence-electron chi connectivity index (χ0n) is 11.1. The lowest BCUT2D eigenvalue weighted by atomic mass is 9.83. The van der Waals surface area contributed by atoms with Crippen molar-refractivity contribution in [3.63, 3.8) is 0 Å². The second kappa shape index (κ2) is 7.04. The normalized spacial score (nSPS) is 24.1. The predicted octanol–water partition coefficient (Wildman–Crippen LogP) is 2.84. The first kappa shape index (κ1) is 13.7. The fraction of sp³-hybridized carbons (Fsp3) is 0.846. The molecule has 0 aliphatic heterocycles. The van der Waals surface area contributed by atoms with Crippen molar-refractivity contribution in [2.24, 2.45) is 5.92 Å². The number of hydrogen-bond donors (Lipinski definition) is 2. The fourth-order valence-electron chi connectivity index (χ4n) is 2.55. The van der Waals surface area contributed by atoms with Gasteiger partial charge in [0.05, 0.1) is 6.10 Å². The van der Waals surface area contributed by atoms with E-state index in [1.807, 2.05) is 0 Å². The number of hydrogen-bond acceptors (Lipinski definition) is 5. The lowest BCUT2D eigenvalue weighted by Gasteiger charge is -2.27. The zero-order valence-corrected chi connectivity index (χ0v) is 11.9. The van der Waals surface area contributed by atoms with Crippen LogP contribution in [0.25, 0.3) is 0 Å². The molecule has 18 heavy (non-hydrogen) atoms. The van der Waals surface area contributed by atoms with E-state index in [-0.39, 0.29) is 6.10 Å². The number of nitrogens with one attached hydrogen (secondary N) is 1. The zero-order chi connectivity index (χ0) is 12.8. The molecule has 5 heteroatoms. The number of aliphatic hydroxyl groups is 1. The Balaban J connectivity index is 1.63. The number of aromatic nitrogens is 2. The van der Waals surface area contributed by atoms with Crippen LogP contribution in [0.3, 0.4) is 0 Å². The maximum Gasteiger partial charge on any atom is 0.202 e. The van der Waals surface area contributed by atoms with Crippen molar-refractivity contribution in [3.05, 3.63) is 5.82 Å². The Labute approximate surface area is 113 Å². The van der Waals surface area contributed by atoms with Crippen LogP contribution in [-0.4, -0.2) is 27.1 Å². The van der Waals surface area contributed by atoms with E-state index in [0.29, 0.717) is 5.92 Å². The minimum atomic E-state index is -0.0630. The van der Waals surface area contributed by atoms with Crippen molar-refractivity contribution in [1.29, 1.82) is 0 Å². The highest BCUT2D eigenvalue weighted by Crippen LogP contribution is 2.27. The van der Waals surface area contributed by atoms with Gasteiger partial charge in [-0.1, -0.05) is 19.8 Å². The molecule has 2 N–H and O–H groups in total. The average molecular weight is 269 g/mol. The van der Waals surface area contributed by atoms with Gasteiger partial charge >= 0.3 is 0 Å². The van der Waals surface area contributed by atoms with Gasteiger partial charge in [0.15, 0.2) is 0 Å². The predicted molar refractivity (Wildman–Crippen MR) is 75.0 cm³/mol. The van der Waals surface area contributed by atoms with Crippen LogP contribution in [-0.2, 0) is 6.42 Å². The summed E-state index contributed by atoms with van der Waals surface area (Å²) >= 11 is 1.44. The molecule has 4 nitrogen and oxygen atoms in total. The van der Waals surface area contributed by atoms with Crippen molar-refractivity contribution in [1.82, 2.24) is 9.36 Å². The Kier molecular flexibility index (Phi) is 5.38. The summed E-state index contributed by atoms with van der Waals surface area (Å²) in [5.41, 5.74) is 0. The van der Waals surface area contributed by atoms with E-state index in [0.717, 1.165) is 43.2 Å². The molecule has 1 aliphatic rings. The highest BCUT2D eigenvalue weighted by atomic mass is 32.1. The van der Waals surface area contributed by atoms with Gasteiger partial charge in [-0.25, -0.2) is 4.98 Å². The quantitative estimate of drug-likeness (QED) is 0.780. The number of nitrogens with zero attached hydrogens (tertiary/aromatic N) is 2. The third kappa shape index (κ3) is 3.92. The van der Waals surface area contributed by atoms with E-state index in [4.69, 9.17) is 0 Å². The van der Waals surface area contributed by atoms with Crippen molar-refractivity contribution >= 4 is 16.7 Å². The molecule has 0 spiro atoms. The monoisotopic (exact) mass is 269 g/mol. The molecule has 0 radical (unpaired) electrons. The SMILES string of the molecule is CCc1nsc(NCCCC2CCCCC2O)n1. The lowest BCUT2D eigenvalue weighted by molar-refractivity contribution is 0.0648. The highest BCUT2D eigenvalue weighted by Gasteiger charge is 2.22. The Hall–Kier alpha value is -0.680. The van der Waals surface area contributed by atoms with E-state index < -0.39 is 0 Å². The van der Waals surface area contributed by atoms with Crippen LogP contribution in [0.2, 0.25) is 0 Å². The van der Waals surface area contributed by atoms with Crippen LogP contribution < -0.4 is 5.32 Å². The van der Waals surface area contributed by atoms with Gasteiger partial charge in [-0.2, -0.15) is 4.37 Å². The van der Waals surface area contributed by atoms with Crippen molar-refractivity contribution < 1.29 is 5.11 Å². The summed E-state index contributed by atoms with van der Waals surface area (Å²) in [6.07, 6.45) is 7.72. The molecule has 0 amide bonds. The Bertz CT molecular complexity index is 356. The average Bonchev–Trinajstić information content (AvgIpc) is 2.84. The van der Waals surface area contributed by atoms with Gasteiger partial charge in [-0.05, 0) is 31.6 Å². The topological polar surface area (TPSA) is 58.0 Å². The Morgan fingerprint density at radius 1 is 1.39 bits per heavy atom. The molecule has 1 aromatic rings. The molecular weight excluding hydrogens is 246 g/mol. The van der Waals surface area contributed by atoms with Crippen molar-refractivity contribution in [2.75, 3.05) is 11.9 Å². The Morgan fingerprint density at radius 3 is 2.94 bits per heavy atom. The molecular formula is C13H23N3OS. The fourth-order valence-corrected chi connectivity index (χ4v) is 3.23. The molecule has 2 rings (SSSR count). The van der Waals surface area contributed by atoms with Gasteiger partial charge in [0.2, 0.25) is 5.13 Å². The first-order valence-corrected chi connectivity index (χ1v) is 7.81. The van der Waals surface area contributed by atoms with Gasteiger partial charge in [0.25, 0.3) is 0 Å². The number of anilines is 1. The third-order valence-corrected chi connectivity index (χ3v) is 4.39. The van der Waals surface area contributed by atoms with Crippen molar-refractivity contribution in [3.8, 4) is 0 Å². The molecule has 1 heterocycles. The van der Waals surface area contributed by atoms with E-state index >= 15 is 0 Å². The third-order valence-electron chi connectivity index (χ3n) is 3.68.